The van der Waals surface area contributed by atoms with Crippen molar-refractivity contribution in [2.75, 3.05) is 0 Å². The Morgan fingerprint density at radius 1 is 1.69 bits per heavy atom. The molecule has 1 rings (SSSR count). The lowest BCUT2D eigenvalue weighted by Gasteiger charge is -2.16. The summed E-state index contributed by atoms with van der Waals surface area (Å²) in [5.41, 5.74) is 7.92. The molecular weight excluding hydrogens is 178 g/mol. The third-order valence-electron chi connectivity index (χ3n) is 1.48. The van der Waals surface area contributed by atoms with Gasteiger partial charge in [0.05, 0.1) is 0 Å². The lowest BCUT2D eigenvalue weighted by Crippen LogP contribution is -2.59. The van der Waals surface area contributed by atoms with Crippen molar-refractivity contribution in [2.24, 2.45) is 16.5 Å². The second kappa shape index (κ2) is 2.73. The Bertz CT molecular complexity index is 311. The summed E-state index contributed by atoms with van der Waals surface area (Å²) in [6.45, 7) is 0. The van der Waals surface area contributed by atoms with Crippen molar-refractivity contribution in [2.45, 2.75) is 5.66 Å². The molecule has 1 aliphatic rings. The van der Waals surface area contributed by atoms with E-state index < -0.39 is 17.5 Å². The molecule has 0 bridgehead atoms. The van der Waals surface area contributed by atoms with Crippen LogP contribution in [0, 0.1) is 0 Å². The fourth-order valence-electron chi connectivity index (χ4n) is 0.887. The van der Waals surface area contributed by atoms with Gasteiger partial charge in [-0.25, -0.2) is 4.99 Å². The van der Waals surface area contributed by atoms with Gasteiger partial charge in [0.2, 0.25) is 6.41 Å². The second-order valence-electron chi connectivity index (χ2n) is 2.29. The van der Waals surface area contributed by atoms with E-state index in [0.717, 1.165) is 0 Å². The fraction of sp³-hybridized carbons (Fsp3) is 0.200. The maximum atomic E-state index is 11.1. The first-order valence-corrected chi connectivity index (χ1v) is 3.21. The van der Waals surface area contributed by atoms with Crippen LogP contribution in [0.25, 0.3) is 0 Å². The Hall–Kier alpha value is -2.12. The van der Waals surface area contributed by atoms with Crippen molar-refractivity contribution < 1.29 is 14.4 Å². The average molecular weight is 185 g/mol. The summed E-state index contributed by atoms with van der Waals surface area (Å²) in [5.74, 6) is -2.24. The first-order chi connectivity index (χ1) is 6.03. The summed E-state index contributed by atoms with van der Waals surface area (Å²) in [6, 6.07) is 0. The van der Waals surface area contributed by atoms with Crippen molar-refractivity contribution in [3.63, 3.8) is 0 Å². The van der Waals surface area contributed by atoms with Gasteiger partial charge in [-0.1, -0.05) is 0 Å². The van der Waals surface area contributed by atoms with E-state index in [0.29, 0.717) is 0 Å². The standard InChI is InChI=1S/C5H7N5O3/c6-2(12)5(8-1-11)3(13)9-4(7)10-5/h1H,(H2,6,12)(H,8,11)(H3,7,9,10,13)/t5-/m0/s1. The minimum absolute atomic E-state index is 0.145. The van der Waals surface area contributed by atoms with Gasteiger partial charge in [-0.3, -0.25) is 19.7 Å². The maximum absolute atomic E-state index is 11.1. The van der Waals surface area contributed by atoms with Crippen molar-refractivity contribution in [3.8, 4) is 0 Å². The Balaban J connectivity index is 3.10. The normalized spacial score (nSPS) is 26.2. The Kier molecular flexibility index (Phi) is 1.89. The fourth-order valence-corrected chi connectivity index (χ4v) is 0.887. The van der Waals surface area contributed by atoms with Crippen molar-refractivity contribution in [1.82, 2.24) is 10.6 Å². The summed E-state index contributed by atoms with van der Waals surface area (Å²) in [6.07, 6.45) is 0.145. The summed E-state index contributed by atoms with van der Waals surface area (Å²) < 4.78 is 0. The zero-order valence-electron chi connectivity index (χ0n) is 6.40. The molecule has 8 nitrogen and oxygen atoms in total. The van der Waals surface area contributed by atoms with Gasteiger partial charge in [0, 0.05) is 0 Å². The molecule has 0 spiro atoms. The number of hydrogen-bond donors (Lipinski definition) is 4. The number of hydrogen-bond acceptors (Lipinski definition) is 5. The van der Waals surface area contributed by atoms with Crippen LogP contribution in [0.4, 0.5) is 0 Å². The molecule has 0 saturated heterocycles. The van der Waals surface area contributed by atoms with Crippen molar-refractivity contribution >= 4 is 24.2 Å². The number of carbonyl (C=O) groups excluding carboxylic acids is 3. The Morgan fingerprint density at radius 3 is 2.62 bits per heavy atom. The number of nitrogens with one attached hydrogen (secondary N) is 2. The van der Waals surface area contributed by atoms with Gasteiger partial charge in [-0.05, 0) is 0 Å². The highest BCUT2D eigenvalue weighted by Crippen LogP contribution is 2.10. The van der Waals surface area contributed by atoms with Gasteiger partial charge in [0.1, 0.15) is 0 Å². The van der Waals surface area contributed by atoms with Crippen LogP contribution in [0.1, 0.15) is 0 Å². The Morgan fingerprint density at radius 2 is 2.31 bits per heavy atom. The van der Waals surface area contributed by atoms with Gasteiger partial charge in [0.25, 0.3) is 17.5 Å². The number of rotatable bonds is 3. The van der Waals surface area contributed by atoms with E-state index in [1.54, 1.807) is 0 Å². The van der Waals surface area contributed by atoms with Gasteiger partial charge in [-0.15, -0.1) is 0 Å². The number of amides is 3. The van der Waals surface area contributed by atoms with Crippen LogP contribution < -0.4 is 22.1 Å². The van der Waals surface area contributed by atoms with Crippen molar-refractivity contribution in [1.29, 1.82) is 0 Å². The lowest BCUT2D eigenvalue weighted by atomic mass is 10.1. The van der Waals surface area contributed by atoms with Crippen LogP contribution in [0.3, 0.4) is 0 Å². The molecule has 1 atom stereocenters. The average Bonchev–Trinajstić information content (AvgIpc) is 2.28. The van der Waals surface area contributed by atoms with E-state index in [2.05, 4.69) is 4.99 Å². The molecule has 6 N–H and O–H groups in total. The Labute approximate surface area is 72.4 Å². The van der Waals surface area contributed by atoms with Crippen molar-refractivity contribution in [3.05, 3.63) is 0 Å². The molecule has 0 aromatic rings. The molecule has 1 aliphatic heterocycles. The first-order valence-electron chi connectivity index (χ1n) is 3.21. The summed E-state index contributed by atoms with van der Waals surface area (Å²) in [7, 11) is 0. The number of nitrogens with two attached hydrogens (primary N) is 2. The number of nitrogens with zero attached hydrogens (tertiary/aromatic N) is 1. The molecule has 3 amide bonds. The van der Waals surface area contributed by atoms with Gasteiger partial charge in [-0.2, -0.15) is 0 Å². The first kappa shape index (κ1) is 8.97. The van der Waals surface area contributed by atoms with E-state index >= 15 is 0 Å². The highest BCUT2D eigenvalue weighted by Gasteiger charge is 2.48. The van der Waals surface area contributed by atoms with Gasteiger partial charge in [0.15, 0.2) is 5.96 Å². The molecule has 0 aromatic heterocycles. The van der Waals surface area contributed by atoms with Gasteiger partial charge < -0.3 is 16.8 Å². The quantitative estimate of drug-likeness (QED) is 0.266. The maximum Gasteiger partial charge on any atom is 0.294 e. The molecule has 70 valence electrons. The van der Waals surface area contributed by atoms with Crippen LogP contribution >= 0.6 is 0 Å². The third-order valence-corrected chi connectivity index (χ3v) is 1.48. The largest absolute Gasteiger partial charge is 0.370 e. The molecule has 0 radical (unpaired) electrons. The smallest absolute Gasteiger partial charge is 0.294 e. The number of guanidine groups is 1. The summed E-state index contributed by atoms with van der Waals surface area (Å²) in [4.78, 5) is 35.5. The van der Waals surface area contributed by atoms with E-state index in [4.69, 9.17) is 11.5 Å². The van der Waals surface area contributed by atoms with Gasteiger partial charge >= 0.3 is 0 Å². The van der Waals surface area contributed by atoms with Crippen LogP contribution in [0.5, 0.6) is 0 Å². The van der Waals surface area contributed by atoms with Crippen LogP contribution in [0.15, 0.2) is 4.99 Å². The monoisotopic (exact) mass is 185 g/mol. The molecule has 0 aliphatic carbocycles. The SMILES string of the molecule is NC(=O)[C@]1(NC=O)N=C(N)NC1=O. The van der Waals surface area contributed by atoms with Crippen LogP contribution in [0.2, 0.25) is 0 Å². The summed E-state index contributed by atoms with van der Waals surface area (Å²) >= 11 is 0. The minimum atomic E-state index is -2.09. The topological polar surface area (TPSA) is 140 Å². The number of aliphatic imine (C=N–C) groups is 1. The highest BCUT2D eigenvalue weighted by atomic mass is 16.2. The highest BCUT2D eigenvalue weighted by molar-refractivity contribution is 6.19. The molecule has 0 fully saturated rings. The lowest BCUT2D eigenvalue weighted by molar-refractivity contribution is -0.137. The predicted molar refractivity (Wildman–Crippen MR) is 40.9 cm³/mol. The van der Waals surface area contributed by atoms with E-state index in [1.165, 1.54) is 0 Å². The molecular formula is C5H7N5O3. The van der Waals surface area contributed by atoms with Crippen LogP contribution in [-0.2, 0) is 14.4 Å². The third kappa shape index (κ3) is 1.17. The molecule has 8 heteroatoms. The van der Waals surface area contributed by atoms with E-state index in [1.807, 2.05) is 10.6 Å². The van der Waals surface area contributed by atoms with E-state index in [-0.39, 0.29) is 12.4 Å². The second-order valence-corrected chi connectivity index (χ2v) is 2.29. The minimum Gasteiger partial charge on any atom is -0.370 e. The zero-order valence-corrected chi connectivity index (χ0v) is 6.40. The van der Waals surface area contributed by atoms with Crippen LogP contribution in [-0.4, -0.2) is 29.8 Å². The number of carbonyl (C=O) groups is 3. The molecule has 13 heavy (non-hydrogen) atoms. The molecule has 1 heterocycles. The molecule has 0 aromatic carbocycles. The summed E-state index contributed by atoms with van der Waals surface area (Å²) in [5, 5.41) is 3.94. The predicted octanol–water partition coefficient (Wildman–Crippen LogP) is -3.64. The molecule has 0 unspecified atom stereocenters. The van der Waals surface area contributed by atoms with E-state index in [9.17, 15) is 14.4 Å². The molecule has 0 saturated carbocycles. The number of primary amides is 1. The zero-order chi connectivity index (χ0) is 10.1.